The van der Waals surface area contributed by atoms with Crippen molar-refractivity contribution >= 4 is 16.0 Å². The topological polar surface area (TPSA) is 110 Å². The van der Waals surface area contributed by atoms with Gasteiger partial charge in [0.2, 0.25) is 10.0 Å². The van der Waals surface area contributed by atoms with E-state index in [4.69, 9.17) is 10.5 Å². The third-order valence-corrected chi connectivity index (χ3v) is 6.80. The first-order valence-electron chi connectivity index (χ1n) is 11.3. The van der Waals surface area contributed by atoms with E-state index in [2.05, 4.69) is 12.7 Å². The second-order valence-corrected chi connectivity index (χ2v) is 10.9. The Labute approximate surface area is 203 Å². The van der Waals surface area contributed by atoms with Gasteiger partial charge in [-0.25, -0.2) is 13.2 Å². The van der Waals surface area contributed by atoms with Crippen molar-refractivity contribution in [3.63, 3.8) is 0 Å². The molecule has 0 amide bonds. The summed E-state index contributed by atoms with van der Waals surface area (Å²) in [6, 6.07) is 9.36. The minimum absolute atomic E-state index is 0.0247. The van der Waals surface area contributed by atoms with E-state index in [1.54, 1.807) is 6.08 Å². The number of hydrogen-bond acceptors (Lipinski definition) is 6. The molecule has 1 atom stereocenters. The van der Waals surface area contributed by atoms with Crippen molar-refractivity contribution in [2.45, 2.75) is 38.1 Å². The van der Waals surface area contributed by atoms with Crippen LogP contribution in [0.4, 0.5) is 0 Å². The third-order valence-electron chi connectivity index (χ3n) is 5.60. The molecule has 1 saturated carbocycles. The third kappa shape index (κ3) is 8.93. The summed E-state index contributed by atoms with van der Waals surface area (Å²) in [7, 11) is -2.15. The highest BCUT2D eigenvalue weighted by Crippen LogP contribution is 2.31. The Morgan fingerprint density at radius 3 is 2.47 bits per heavy atom. The van der Waals surface area contributed by atoms with E-state index in [-0.39, 0.29) is 18.8 Å². The van der Waals surface area contributed by atoms with E-state index in [0.29, 0.717) is 24.5 Å². The van der Waals surface area contributed by atoms with E-state index in [1.165, 1.54) is 26.0 Å². The van der Waals surface area contributed by atoms with Crippen molar-refractivity contribution in [2.24, 2.45) is 11.7 Å². The lowest BCUT2D eigenvalue weighted by atomic mass is 9.93. The van der Waals surface area contributed by atoms with Crippen LogP contribution < -0.4 is 5.73 Å². The SMILES string of the molecule is C=C(\C=C(/C=C(/C=C\C1CC1)CC)N(C)S(C)(=O)=O)C(=O)OCC(N)(CO)Cc1ccccc1. The number of carbonyl (C=O) groups is 1. The average molecular weight is 489 g/mol. The van der Waals surface area contributed by atoms with Gasteiger partial charge < -0.3 is 15.6 Å². The number of benzene rings is 1. The highest BCUT2D eigenvalue weighted by atomic mass is 32.2. The minimum Gasteiger partial charge on any atom is -0.460 e. The number of sulfonamides is 1. The molecule has 186 valence electrons. The van der Waals surface area contributed by atoms with Crippen molar-refractivity contribution in [3.8, 4) is 0 Å². The quantitative estimate of drug-likeness (QED) is 0.251. The first-order valence-corrected chi connectivity index (χ1v) is 13.2. The summed E-state index contributed by atoms with van der Waals surface area (Å²) >= 11 is 0. The second kappa shape index (κ2) is 12.1. The summed E-state index contributed by atoms with van der Waals surface area (Å²) in [5.74, 6) is -0.158. The van der Waals surface area contributed by atoms with Gasteiger partial charge in [0.15, 0.2) is 0 Å². The van der Waals surface area contributed by atoms with Crippen molar-refractivity contribution in [3.05, 3.63) is 83.6 Å². The summed E-state index contributed by atoms with van der Waals surface area (Å²) < 4.78 is 30.8. The lowest BCUT2D eigenvalue weighted by Gasteiger charge is -2.27. The number of rotatable bonds is 13. The lowest BCUT2D eigenvalue weighted by molar-refractivity contribution is -0.140. The smallest absolute Gasteiger partial charge is 0.337 e. The maximum Gasteiger partial charge on any atom is 0.337 e. The summed E-state index contributed by atoms with van der Waals surface area (Å²) in [4.78, 5) is 12.6. The van der Waals surface area contributed by atoms with Gasteiger partial charge in [-0.15, -0.1) is 0 Å². The molecule has 7 nitrogen and oxygen atoms in total. The summed E-state index contributed by atoms with van der Waals surface area (Å²) in [6.45, 7) is 5.14. The molecule has 0 aliphatic heterocycles. The number of nitrogens with two attached hydrogens (primary N) is 1. The molecule has 8 heteroatoms. The Morgan fingerprint density at radius 2 is 1.94 bits per heavy atom. The van der Waals surface area contributed by atoms with Gasteiger partial charge in [0.25, 0.3) is 0 Å². The molecule has 1 aliphatic carbocycles. The Bertz CT molecular complexity index is 1060. The van der Waals surface area contributed by atoms with Gasteiger partial charge in [-0.1, -0.05) is 56.0 Å². The molecule has 0 saturated heterocycles. The fourth-order valence-corrected chi connectivity index (χ4v) is 3.60. The maximum absolute atomic E-state index is 12.6. The summed E-state index contributed by atoms with van der Waals surface area (Å²) in [5.41, 5.74) is 7.21. The average Bonchev–Trinajstić information content (AvgIpc) is 3.63. The van der Waals surface area contributed by atoms with Crippen LogP contribution in [0.5, 0.6) is 0 Å². The van der Waals surface area contributed by atoms with E-state index in [0.717, 1.165) is 21.7 Å². The molecule has 0 bridgehead atoms. The monoisotopic (exact) mass is 488 g/mol. The standard InChI is InChI=1S/C26H36N2O5S/c1-5-21(11-12-22-13-14-22)16-24(28(3)34(4,31)32)15-20(2)25(30)33-19-26(27,18-29)17-23-9-7-6-8-10-23/h6-12,15-16,22,29H,2,5,13-14,17-19,27H2,1,3-4H3/b12-11-,21-16+,24-15+. The van der Waals surface area contributed by atoms with Crippen LogP contribution in [0.25, 0.3) is 0 Å². The molecule has 34 heavy (non-hydrogen) atoms. The van der Waals surface area contributed by atoms with Crippen LogP contribution in [0.3, 0.4) is 0 Å². The molecule has 0 radical (unpaired) electrons. The highest BCUT2D eigenvalue weighted by Gasteiger charge is 2.27. The van der Waals surface area contributed by atoms with Gasteiger partial charge in [-0.3, -0.25) is 4.31 Å². The molecule has 1 aliphatic rings. The predicted octanol–water partition coefficient (Wildman–Crippen LogP) is 3.10. The fraction of sp³-hybridized carbons (Fsp3) is 0.423. The zero-order chi connectivity index (χ0) is 25.4. The van der Waals surface area contributed by atoms with Gasteiger partial charge in [0, 0.05) is 7.05 Å². The molecule has 2 rings (SSSR count). The van der Waals surface area contributed by atoms with Crippen molar-refractivity contribution in [2.75, 3.05) is 26.5 Å². The number of nitrogens with zero attached hydrogens (tertiary/aromatic N) is 1. The molecule has 0 heterocycles. The van der Waals surface area contributed by atoms with E-state index in [9.17, 15) is 18.3 Å². The van der Waals surface area contributed by atoms with E-state index in [1.807, 2.05) is 43.3 Å². The normalized spacial score (nSPS) is 16.9. The van der Waals surface area contributed by atoms with Crippen molar-refractivity contribution < 1.29 is 23.1 Å². The van der Waals surface area contributed by atoms with Crippen LogP contribution in [-0.4, -0.2) is 55.9 Å². The number of ether oxygens (including phenoxy) is 1. The maximum atomic E-state index is 12.6. The number of esters is 1. The number of likely N-dealkylation sites (N-methyl/N-ethyl adjacent to an activating group) is 1. The Kier molecular flexibility index (Phi) is 9.85. The molecule has 1 aromatic rings. The van der Waals surface area contributed by atoms with Crippen LogP contribution in [0.2, 0.25) is 0 Å². The number of aliphatic hydroxyl groups is 1. The molecule has 1 fully saturated rings. The zero-order valence-corrected chi connectivity index (χ0v) is 21.1. The van der Waals surface area contributed by atoms with Crippen LogP contribution in [0.1, 0.15) is 31.7 Å². The molecule has 0 aromatic heterocycles. The zero-order valence-electron chi connectivity index (χ0n) is 20.2. The number of hydrogen-bond donors (Lipinski definition) is 2. The molecule has 1 aromatic carbocycles. The molecular weight excluding hydrogens is 452 g/mol. The van der Waals surface area contributed by atoms with Gasteiger partial charge in [-0.05, 0) is 54.9 Å². The van der Waals surface area contributed by atoms with Gasteiger partial charge in [0.1, 0.15) is 6.61 Å². The van der Waals surface area contributed by atoms with Crippen LogP contribution in [0, 0.1) is 5.92 Å². The number of allylic oxidation sites excluding steroid dienone is 4. The van der Waals surface area contributed by atoms with Crippen LogP contribution in [-0.2, 0) is 26.0 Å². The molecule has 0 spiro atoms. The summed E-state index contributed by atoms with van der Waals surface area (Å²) in [5, 5.41) is 9.79. The van der Waals surface area contributed by atoms with Gasteiger partial charge in [0.05, 0.1) is 29.7 Å². The minimum atomic E-state index is -3.57. The first-order chi connectivity index (χ1) is 16.0. The van der Waals surface area contributed by atoms with Crippen LogP contribution >= 0.6 is 0 Å². The first kappa shape index (κ1) is 27.6. The molecular formula is C26H36N2O5S. The Morgan fingerprint density at radius 1 is 1.29 bits per heavy atom. The van der Waals surface area contributed by atoms with E-state index < -0.39 is 21.5 Å². The lowest BCUT2D eigenvalue weighted by Crippen LogP contribution is -2.50. The second-order valence-electron chi connectivity index (χ2n) is 8.85. The van der Waals surface area contributed by atoms with Gasteiger partial charge >= 0.3 is 5.97 Å². The van der Waals surface area contributed by atoms with Crippen LogP contribution in [0.15, 0.2) is 78.1 Å². The molecule has 3 N–H and O–H groups in total. The van der Waals surface area contributed by atoms with Crippen molar-refractivity contribution in [1.82, 2.24) is 4.31 Å². The van der Waals surface area contributed by atoms with Crippen molar-refractivity contribution in [1.29, 1.82) is 0 Å². The number of aliphatic hydroxyl groups excluding tert-OH is 1. The highest BCUT2D eigenvalue weighted by molar-refractivity contribution is 7.88. The van der Waals surface area contributed by atoms with Gasteiger partial charge in [-0.2, -0.15) is 0 Å². The Balaban J connectivity index is 2.17. The fourth-order valence-electron chi connectivity index (χ4n) is 3.12. The number of carbonyl (C=O) groups excluding carboxylic acids is 1. The van der Waals surface area contributed by atoms with E-state index >= 15 is 0 Å². The summed E-state index contributed by atoms with van der Waals surface area (Å²) in [6.07, 6.45) is 11.7. The largest absolute Gasteiger partial charge is 0.460 e. The molecule has 1 unspecified atom stereocenters. The predicted molar refractivity (Wildman–Crippen MR) is 135 cm³/mol. The Hall–Kier alpha value is -2.68.